The van der Waals surface area contributed by atoms with Gasteiger partial charge in [0, 0.05) is 43.1 Å². The number of carbonyl (C=O) groups excluding carboxylic acids is 2. The van der Waals surface area contributed by atoms with E-state index < -0.39 is 11.7 Å². The molecule has 1 aromatic heterocycles. The minimum absolute atomic E-state index is 0.0922. The lowest BCUT2D eigenvalue weighted by Crippen LogP contribution is -2.48. The van der Waals surface area contributed by atoms with Crippen molar-refractivity contribution in [1.82, 2.24) is 10.2 Å². The number of benzene rings is 2. The normalized spacial score (nSPS) is 13.5. The molecule has 2 N–H and O–H groups in total. The topological polar surface area (TPSA) is 77.8 Å². The Morgan fingerprint density at radius 2 is 1.62 bits per heavy atom. The summed E-state index contributed by atoms with van der Waals surface area (Å²) in [6.07, 6.45) is 1.50. The Kier molecular flexibility index (Phi) is 6.46. The molecule has 2 amide bonds. The van der Waals surface area contributed by atoms with Gasteiger partial charge in [-0.3, -0.25) is 14.9 Å². The van der Waals surface area contributed by atoms with Crippen LogP contribution in [0.2, 0.25) is 0 Å². The number of nitrogens with zero attached hydrogens (tertiary/aromatic N) is 2. The molecule has 2 aromatic carbocycles. The van der Waals surface area contributed by atoms with E-state index in [0.29, 0.717) is 37.5 Å². The first-order valence-corrected chi connectivity index (χ1v) is 10.5. The number of furan rings is 1. The van der Waals surface area contributed by atoms with E-state index in [1.807, 2.05) is 24.3 Å². The highest BCUT2D eigenvalue weighted by Gasteiger charge is 2.23. The number of rotatable bonds is 4. The van der Waals surface area contributed by atoms with Gasteiger partial charge in [-0.2, -0.15) is 0 Å². The fraction of sp³-hybridized carbons (Fsp3) is 0.174. The number of carbonyl (C=O) groups is 2. The van der Waals surface area contributed by atoms with Gasteiger partial charge in [0.25, 0.3) is 11.8 Å². The fourth-order valence-electron chi connectivity index (χ4n) is 3.42. The molecule has 32 heavy (non-hydrogen) atoms. The average molecular weight is 453 g/mol. The molecule has 0 saturated carbocycles. The summed E-state index contributed by atoms with van der Waals surface area (Å²) in [6, 6.07) is 16.2. The van der Waals surface area contributed by atoms with Crippen molar-refractivity contribution in [2.45, 2.75) is 0 Å². The van der Waals surface area contributed by atoms with Crippen LogP contribution in [0.1, 0.15) is 20.9 Å². The maximum atomic E-state index is 13.0. The van der Waals surface area contributed by atoms with Crippen molar-refractivity contribution >= 4 is 40.5 Å². The Bertz CT molecular complexity index is 1090. The second kappa shape index (κ2) is 9.61. The van der Waals surface area contributed by atoms with E-state index in [0.717, 1.165) is 11.4 Å². The lowest BCUT2D eigenvalue weighted by Gasteiger charge is -2.35. The minimum atomic E-state index is -0.416. The summed E-state index contributed by atoms with van der Waals surface area (Å²) in [5.41, 5.74) is 2.07. The Morgan fingerprint density at radius 1 is 0.938 bits per heavy atom. The van der Waals surface area contributed by atoms with Crippen molar-refractivity contribution < 1.29 is 18.4 Å². The van der Waals surface area contributed by atoms with Gasteiger partial charge < -0.3 is 19.5 Å². The third kappa shape index (κ3) is 5.12. The average Bonchev–Trinajstić information content (AvgIpc) is 3.34. The smallest absolute Gasteiger partial charge is 0.289 e. The zero-order valence-corrected chi connectivity index (χ0v) is 17.9. The van der Waals surface area contributed by atoms with Crippen molar-refractivity contribution in [3.8, 4) is 0 Å². The van der Waals surface area contributed by atoms with E-state index in [4.69, 9.17) is 16.6 Å². The van der Waals surface area contributed by atoms with E-state index in [2.05, 4.69) is 15.5 Å². The molecule has 0 radical (unpaired) electrons. The largest absolute Gasteiger partial charge is 0.459 e. The maximum Gasteiger partial charge on any atom is 0.289 e. The Hall–Kier alpha value is -3.72. The van der Waals surface area contributed by atoms with Crippen LogP contribution in [0, 0.1) is 5.82 Å². The van der Waals surface area contributed by atoms with Gasteiger partial charge >= 0.3 is 0 Å². The van der Waals surface area contributed by atoms with Gasteiger partial charge in [0.2, 0.25) is 0 Å². The van der Waals surface area contributed by atoms with Gasteiger partial charge in [0.15, 0.2) is 10.9 Å². The number of thiocarbonyl (C=S) groups is 1. The zero-order chi connectivity index (χ0) is 22.5. The molecule has 0 bridgehead atoms. The molecule has 0 atom stereocenters. The molecule has 1 aliphatic rings. The highest BCUT2D eigenvalue weighted by molar-refractivity contribution is 7.80. The number of hydrogen-bond donors (Lipinski definition) is 2. The molecule has 164 valence electrons. The highest BCUT2D eigenvalue weighted by atomic mass is 32.1. The molecule has 1 saturated heterocycles. The number of anilines is 2. The van der Waals surface area contributed by atoms with Gasteiger partial charge in [-0.15, -0.1) is 0 Å². The summed E-state index contributed by atoms with van der Waals surface area (Å²) in [5.74, 6) is -0.560. The van der Waals surface area contributed by atoms with Crippen LogP contribution < -0.4 is 15.5 Å². The molecule has 2 heterocycles. The summed E-state index contributed by atoms with van der Waals surface area (Å²) >= 11 is 5.19. The minimum Gasteiger partial charge on any atom is -0.459 e. The van der Waals surface area contributed by atoms with Crippen LogP contribution in [-0.4, -0.2) is 48.0 Å². The third-order valence-electron chi connectivity index (χ3n) is 5.12. The van der Waals surface area contributed by atoms with Gasteiger partial charge in [0.1, 0.15) is 5.82 Å². The van der Waals surface area contributed by atoms with E-state index in [9.17, 15) is 14.0 Å². The van der Waals surface area contributed by atoms with Crippen LogP contribution >= 0.6 is 12.2 Å². The predicted octanol–water partition coefficient (Wildman–Crippen LogP) is 3.51. The molecule has 3 aromatic rings. The molecular weight excluding hydrogens is 431 g/mol. The van der Waals surface area contributed by atoms with Crippen molar-refractivity contribution in [1.29, 1.82) is 0 Å². The standard InChI is InChI=1S/C23H21FN4O3S/c24-17-5-3-16(4-6-17)21(29)26-23(32)25-18-7-9-19(10-8-18)27-11-13-28(14-12-27)22(30)20-2-1-15-31-20/h1-10,15H,11-14H2,(H2,25,26,29,32). The van der Waals surface area contributed by atoms with Gasteiger partial charge in [0.05, 0.1) is 6.26 Å². The molecular formula is C23H21FN4O3S. The third-order valence-corrected chi connectivity index (χ3v) is 5.33. The molecule has 4 rings (SSSR count). The van der Waals surface area contributed by atoms with Crippen molar-refractivity contribution in [2.24, 2.45) is 0 Å². The molecule has 0 spiro atoms. The highest BCUT2D eigenvalue weighted by Crippen LogP contribution is 2.20. The summed E-state index contributed by atoms with van der Waals surface area (Å²) in [6.45, 7) is 2.65. The van der Waals surface area contributed by atoms with Crippen LogP contribution in [-0.2, 0) is 0 Å². The van der Waals surface area contributed by atoms with Crippen LogP contribution in [0.3, 0.4) is 0 Å². The molecule has 0 aliphatic carbocycles. The lowest BCUT2D eigenvalue weighted by atomic mass is 10.2. The van der Waals surface area contributed by atoms with Gasteiger partial charge in [-0.25, -0.2) is 4.39 Å². The first-order valence-electron chi connectivity index (χ1n) is 10.1. The van der Waals surface area contributed by atoms with Crippen LogP contribution in [0.25, 0.3) is 0 Å². The zero-order valence-electron chi connectivity index (χ0n) is 17.1. The lowest BCUT2D eigenvalue weighted by molar-refractivity contribution is 0.0714. The Balaban J connectivity index is 1.28. The van der Waals surface area contributed by atoms with E-state index in [1.165, 1.54) is 30.5 Å². The van der Waals surface area contributed by atoms with Crippen LogP contribution in [0.5, 0.6) is 0 Å². The number of amides is 2. The van der Waals surface area contributed by atoms with E-state index >= 15 is 0 Å². The molecule has 1 aliphatic heterocycles. The quantitative estimate of drug-likeness (QED) is 0.590. The van der Waals surface area contributed by atoms with Crippen molar-refractivity contribution in [2.75, 3.05) is 36.4 Å². The second-order valence-corrected chi connectivity index (χ2v) is 7.63. The van der Waals surface area contributed by atoms with E-state index in [1.54, 1.807) is 17.0 Å². The number of piperazine rings is 1. The Labute approximate surface area is 189 Å². The summed E-state index contributed by atoms with van der Waals surface area (Å²) in [7, 11) is 0. The summed E-state index contributed by atoms with van der Waals surface area (Å²) < 4.78 is 18.2. The van der Waals surface area contributed by atoms with Gasteiger partial charge in [-0.05, 0) is 72.9 Å². The second-order valence-electron chi connectivity index (χ2n) is 7.22. The summed E-state index contributed by atoms with van der Waals surface area (Å²) in [4.78, 5) is 28.5. The number of nitrogens with one attached hydrogen (secondary N) is 2. The molecule has 0 unspecified atom stereocenters. The van der Waals surface area contributed by atoms with Crippen LogP contribution in [0.4, 0.5) is 15.8 Å². The molecule has 1 fully saturated rings. The SMILES string of the molecule is O=C(NC(=S)Nc1ccc(N2CCN(C(=O)c3ccco3)CC2)cc1)c1ccc(F)cc1. The number of hydrogen-bond acceptors (Lipinski definition) is 5. The first kappa shape index (κ1) is 21.5. The first-order chi connectivity index (χ1) is 15.5. The van der Waals surface area contributed by atoms with Crippen molar-refractivity contribution in [3.63, 3.8) is 0 Å². The molecule has 9 heteroatoms. The van der Waals surface area contributed by atoms with Gasteiger partial charge in [-0.1, -0.05) is 0 Å². The predicted molar refractivity (Wildman–Crippen MR) is 123 cm³/mol. The van der Waals surface area contributed by atoms with Crippen LogP contribution in [0.15, 0.2) is 71.3 Å². The monoisotopic (exact) mass is 452 g/mol. The maximum absolute atomic E-state index is 13.0. The fourth-order valence-corrected chi connectivity index (χ4v) is 3.63. The molecule has 7 nitrogen and oxygen atoms in total. The summed E-state index contributed by atoms with van der Waals surface area (Å²) in [5, 5.41) is 5.69. The van der Waals surface area contributed by atoms with Crippen molar-refractivity contribution in [3.05, 3.63) is 84.1 Å². The number of halogens is 1. The van der Waals surface area contributed by atoms with E-state index in [-0.39, 0.29) is 11.0 Å². The Morgan fingerprint density at radius 3 is 2.25 bits per heavy atom.